The summed E-state index contributed by atoms with van der Waals surface area (Å²) in [7, 11) is 0. The molecule has 0 aromatic heterocycles. The van der Waals surface area contributed by atoms with Gasteiger partial charge in [0.05, 0.1) is 0 Å². The van der Waals surface area contributed by atoms with Gasteiger partial charge in [0.15, 0.2) is 0 Å². The van der Waals surface area contributed by atoms with Crippen molar-refractivity contribution < 1.29 is 28.3 Å². The Kier molecular flexibility index (Phi) is 8.65. The summed E-state index contributed by atoms with van der Waals surface area (Å²) < 4.78 is 27.3. The number of hydrogen-bond donors (Lipinski definition) is 2. The van der Waals surface area contributed by atoms with E-state index in [1.165, 1.54) is 41.3 Å². The van der Waals surface area contributed by atoms with E-state index in [-0.39, 0.29) is 18.4 Å². The fourth-order valence-electron chi connectivity index (χ4n) is 4.33. The molecule has 0 fully saturated rings. The first-order chi connectivity index (χ1) is 17.4. The Morgan fingerprint density at radius 3 is 2.03 bits per heavy atom. The fourth-order valence-corrected chi connectivity index (χ4v) is 4.46. The third kappa shape index (κ3) is 7.13. The molecule has 194 valence electrons. The van der Waals surface area contributed by atoms with Crippen LogP contribution in [0.4, 0.5) is 8.78 Å². The summed E-state index contributed by atoms with van der Waals surface area (Å²) in [5, 5.41) is 10.6. The van der Waals surface area contributed by atoms with Crippen LogP contribution in [-0.4, -0.2) is 39.4 Å². The highest BCUT2D eigenvalue weighted by atomic mass is 35.5. The van der Waals surface area contributed by atoms with E-state index in [9.17, 15) is 28.3 Å². The number of halogens is 3. The van der Waals surface area contributed by atoms with Gasteiger partial charge in [-0.3, -0.25) is 9.59 Å². The highest BCUT2D eigenvalue weighted by Gasteiger charge is 2.40. The molecule has 0 spiro atoms. The third-order valence-corrected chi connectivity index (χ3v) is 6.26. The van der Waals surface area contributed by atoms with Crippen molar-refractivity contribution >= 4 is 29.4 Å². The molecule has 0 aliphatic heterocycles. The fraction of sp³-hybridized carbons (Fsp3) is 0.250. The van der Waals surface area contributed by atoms with Crippen molar-refractivity contribution in [2.24, 2.45) is 5.73 Å². The molecule has 0 saturated heterocycles. The number of primary amides is 1. The molecule has 3 N–H and O–H groups in total. The molecule has 0 heterocycles. The van der Waals surface area contributed by atoms with Crippen molar-refractivity contribution in [2.75, 3.05) is 0 Å². The second kappa shape index (κ2) is 11.5. The number of carboxylic acids is 1. The van der Waals surface area contributed by atoms with E-state index >= 15 is 0 Å². The number of nitrogens with two attached hydrogens (primary N) is 1. The van der Waals surface area contributed by atoms with Gasteiger partial charge in [-0.1, -0.05) is 35.9 Å². The van der Waals surface area contributed by atoms with Gasteiger partial charge in [0.2, 0.25) is 5.91 Å². The van der Waals surface area contributed by atoms with Gasteiger partial charge in [-0.05, 0) is 79.8 Å². The van der Waals surface area contributed by atoms with Gasteiger partial charge in [-0.25, -0.2) is 13.6 Å². The van der Waals surface area contributed by atoms with Gasteiger partial charge in [-0.2, -0.15) is 0 Å². The SMILES string of the molecule is CC(C)(Cc1ccc(Cl)cc1)N(C(=O)c1ccc(-c2cc(F)cc(F)c2)cc1)[C@@H](CCC(N)=O)C(=O)O. The Morgan fingerprint density at radius 1 is 0.946 bits per heavy atom. The lowest BCUT2D eigenvalue weighted by atomic mass is 9.89. The van der Waals surface area contributed by atoms with E-state index < -0.39 is 41.0 Å². The van der Waals surface area contributed by atoms with Crippen molar-refractivity contribution in [3.63, 3.8) is 0 Å². The van der Waals surface area contributed by atoms with Gasteiger partial charge < -0.3 is 15.7 Å². The van der Waals surface area contributed by atoms with E-state index in [4.69, 9.17) is 17.3 Å². The van der Waals surface area contributed by atoms with Crippen molar-refractivity contribution in [1.82, 2.24) is 4.90 Å². The van der Waals surface area contributed by atoms with Crippen LogP contribution in [0.5, 0.6) is 0 Å². The van der Waals surface area contributed by atoms with Crippen molar-refractivity contribution in [3.8, 4) is 11.1 Å². The molecular weight excluding hydrogens is 502 g/mol. The lowest BCUT2D eigenvalue weighted by Crippen LogP contribution is -2.57. The van der Waals surface area contributed by atoms with Crippen LogP contribution >= 0.6 is 11.6 Å². The molecule has 3 aromatic carbocycles. The minimum absolute atomic E-state index is 0.166. The predicted octanol–water partition coefficient (Wildman–Crippen LogP) is 5.47. The van der Waals surface area contributed by atoms with Gasteiger partial charge >= 0.3 is 5.97 Å². The Hall–Kier alpha value is -3.78. The summed E-state index contributed by atoms with van der Waals surface area (Å²) >= 11 is 5.99. The topological polar surface area (TPSA) is 101 Å². The average molecular weight is 529 g/mol. The van der Waals surface area contributed by atoms with Crippen LogP contribution in [0.1, 0.15) is 42.6 Å². The molecular formula is C28H27ClF2N2O4. The molecule has 1 atom stereocenters. The van der Waals surface area contributed by atoms with E-state index in [1.54, 1.807) is 38.1 Å². The standard InChI is InChI=1S/C28H27ClF2N2O4/c1-28(2,16-17-3-9-21(29)10-4-17)33(24(27(36)37)11-12-25(32)34)26(35)19-7-5-18(6-8-19)20-13-22(30)15-23(31)14-20/h3-10,13-15,24H,11-12,16H2,1-2H3,(H2,32,34)(H,36,37)/t24-/m0/s1. The lowest BCUT2D eigenvalue weighted by molar-refractivity contribution is -0.144. The van der Waals surface area contributed by atoms with Crippen LogP contribution in [0.15, 0.2) is 66.7 Å². The minimum atomic E-state index is -1.33. The van der Waals surface area contributed by atoms with Crippen LogP contribution in [-0.2, 0) is 16.0 Å². The van der Waals surface area contributed by atoms with Crippen LogP contribution in [0, 0.1) is 11.6 Å². The monoisotopic (exact) mass is 528 g/mol. The second-order valence-corrected chi connectivity index (χ2v) is 9.82. The maximum absolute atomic E-state index is 13.8. The maximum Gasteiger partial charge on any atom is 0.326 e. The van der Waals surface area contributed by atoms with Crippen molar-refractivity contribution in [3.05, 3.63) is 94.5 Å². The van der Waals surface area contributed by atoms with E-state index in [0.29, 0.717) is 22.6 Å². The number of benzene rings is 3. The molecule has 3 rings (SSSR count). The molecule has 0 bridgehead atoms. The normalized spacial score (nSPS) is 12.1. The first kappa shape index (κ1) is 27.8. The van der Waals surface area contributed by atoms with E-state index in [0.717, 1.165) is 11.6 Å². The third-order valence-electron chi connectivity index (χ3n) is 6.01. The smallest absolute Gasteiger partial charge is 0.326 e. The zero-order chi connectivity index (χ0) is 27.3. The number of nitrogens with zero attached hydrogens (tertiary/aromatic N) is 1. The molecule has 2 amide bonds. The molecule has 0 aliphatic rings. The first-order valence-corrected chi connectivity index (χ1v) is 11.9. The minimum Gasteiger partial charge on any atom is -0.480 e. The molecule has 9 heteroatoms. The molecule has 37 heavy (non-hydrogen) atoms. The molecule has 0 unspecified atom stereocenters. The van der Waals surface area contributed by atoms with Crippen LogP contribution < -0.4 is 5.73 Å². The Labute approximate surface area is 218 Å². The maximum atomic E-state index is 13.8. The van der Waals surface area contributed by atoms with Gasteiger partial charge in [0, 0.05) is 28.6 Å². The van der Waals surface area contributed by atoms with Crippen LogP contribution in [0.2, 0.25) is 5.02 Å². The summed E-state index contributed by atoms with van der Waals surface area (Å²) in [5.41, 5.74) is 6.04. The molecule has 0 radical (unpaired) electrons. The summed E-state index contributed by atoms with van der Waals surface area (Å²) in [5.74, 6) is -3.99. The van der Waals surface area contributed by atoms with Crippen LogP contribution in [0.3, 0.4) is 0 Å². The highest BCUT2D eigenvalue weighted by molar-refractivity contribution is 6.30. The lowest BCUT2D eigenvalue weighted by Gasteiger charge is -2.42. The largest absolute Gasteiger partial charge is 0.480 e. The van der Waals surface area contributed by atoms with Crippen LogP contribution in [0.25, 0.3) is 11.1 Å². The zero-order valence-electron chi connectivity index (χ0n) is 20.4. The molecule has 6 nitrogen and oxygen atoms in total. The number of rotatable bonds is 10. The number of carbonyl (C=O) groups is 3. The number of carbonyl (C=O) groups excluding carboxylic acids is 2. The number of amides is 2. The average Bonchev–Trinajstić information content (AvgIpc) is 2.81. The van der Waals surface area contributed by atoms with Gasteiger partial charge in [-0.15, -0.1) is 0 Å². The Balaban J connectivity index is 2.00. The van der Waals surface area contributed by atoms with Crippen molar-refractivity contribution in [1.29, 1.82) is 0 Å². The van der Waals surface area contributed by atoms with Crippen molar-refractivity contribution in [2.45, 2.75) is 44.7 Å². The number of carboxylic acid groups (broad SMARTS) is 1. The Bertz CT molecular complexity index is 1270. The summed E-state index contributed by atoms with van der Waals surface area (Å²) in [4.78, 5) is 38.8. The number of hydrogen-bond acceptors (Lipinski definition) is 3. The summed E-state index contributed by atoms with van der Waals surface area (Å²) in [6.45, 7) is 3.48. The summed E-state index contributed by atoms with van der Waals surface area (Å²) in [6.07, 6.45) is -0.0835. The molecule has 0 saturated carbocycles. The van der Waals surface area contributed by atoms with Gasteiger partial charge in [0.25, 0.3) is 5.91 Å². The summed E-state index contributed by atoms with van der Waals surface area (Å²) in [6, 6.07) is 14.8. The molecule has 0 aliphatic carbocycles. The number of aliphatic carboxylic acids is 1. The Morgan fingerprint density at radius 2 is 1.51 bits per heavy atom. The first-order valence-electron chi connectivity index (χ1n) is 11.5. The predicted molar refractivity (Wildman–Crippen MR) is 137 cm³/mol. The zero-order valence-corrected chi connectivity index (χ0v) is 21.1. The van der Waals surface area contributed by atoms with E-state index in [1.807, 2.05) is 0 Å². The van der Waals surface area contributed by atoms with Gasteiger partial charge in [0.1, 0.15) is 17.7 Å². The second-order valence-electron chi connectivity index (χ2n) is 9.39. The quantitative estimate of drug-likeness (QED) is 0.364. The highest BCUT2D eigenvalue weighted by Crippen LogP contribution is 2.29. The van der Waals surface area contributed by atoms with E-state index in [2.05, 4.69) is 0 Å². The molecule has 3 aromatic rings.